The number of aromatic nitrogens is 2. The third-order valence-electron chi connectivity index (χ3n) is 3.98. The molecule has 0 unspecified atom stereocenters. The summed E-state index contributed by atoms with van der Waals surface area (Å²) < 4.78 is 5.77. The Bertz CT molecular complexity index is 402. The zero-order valence-electron chi connectivity index (χ0n) is 13.3. The lowest BCUT2D eigenvalue weighted by Gasteiger charge is -2.30. The largest absolute Gasteiger partial charge is 0.423 e. The van der Waals surface area contributed by atoms with Gasteiger partial charge in [0.2, 0.25) is 11.8 Å². The number of likely N-dealkylation sites (tertiary alicyclic amines) is 1. The van der Waals surface area contributed by atoms with Crippen molar-refractivity contribution in [2.45, 2.75) is 52.0 Å². The highest BCUT2D eigenvalue weighted by atomic mass is 16.4. The standard InChI is InChI=1S/C15H28N4O/c1-15(2,3)14-18-17-13(20-14)11-19-9-6-12(7-10-19)5-8-16-4/h12,16H,5-11H2,1-4H3. The Morgan fingerprint density at radius 3 is 2.50 bits per heavy atom. The summed E-state index contributed by atoms with van der Waals surface area (Å²) in [7, 11) is 2.03. The van der Waals surface area contributed by atoms with Crippen LogP contribution in [0.15, 0.2) is 4.42 Å². The van der Waals surface area contributed by atoms with Gasteiger partial charge in [0.25, 0.3) is 0 Å². The normalized spacial score (nSPS) is 18.6. The van der Waals surface area contributed by atoms with E-state index in [-0.39, 0.29) is 5.41 Å². The molecule has 5 heteroatoms. The highest BCUT2D eigenvalue weighted by Crippen LogP contribution is 2.23. The second-order valence-corrected chi connectivity index (χ2v) is 6.86. The minimum atomic E-state index is -0.0641. The molecule has 20 heavy (non-hydrogen) atoms. The number of hydrogen-bond acceptors (Lipinski definition) is 5. The van der Waals surface area contributed by atoms with Gasteiger partial charge in [-0.1, -0.05) is 20.8 Å². The van der Waals surface area contributed by atoms with Crippen LogP contribution in [-0.4, -0.2) is 41.8 Å². The third-order valence-corrected chi connectivity index (χ3v) is 3.98. The van der Waals surface area contributed by atoms with Gasteiger partial charge in [0.05, 0.1) is 6.54 Å². The number of nitrogens with one attached hydrogen (secondary N) is 1. The first kappa shape index (κ1) is 15.4. The van der Waals surface area contributed by atoms with Gasteiger partial charge in [-0.2, -0.15) is 0 Å². The zero-order valence-corrected chi connectivity index (χ0v) is 13.3. The van der Waals surface area contributed by atoms with Crippen LogP contribution in [0.5, 0.6) is 0 Å². The SMILES string of the molecule is CNCCC1CCN(Cc2nnc(C(C)(C)C)o2)CC1. The van der Waals surface area contributed by atoms with Gasteiger partial charge in [-0.15, -0.1) is 10.2 Å². The van der Waals surface area contributed by atoms with Crippen LogP contribution in [0.4, 0.5) is 0 Å². The first-order valence-corrected chi connectivity index (χ1v) is 7.69. The van der Waals surface area contributed by atoms with Crippen molar-refractivity contribution in [3.63, 3.8) is 0 Å². The zero-order chi connectivity index (χ0) is 14.6. The Morgan fingerprint density at radius 2 is 1.95 bits per heavy atom. The number of piperidine rings is 1. The summed E-state index contributed by atoms with van der Waals surface area (Å²) in [5, 5.41) is 11.6. The van der Waals surface area contributed by atoms with Crippen LogP contribution in [-0.2, 0) is 12.0 Å². The van der Waals surface area contributed by atoms with Crippen LogP contribution < -0.4 is 5.32 Å². The molecule has 0 spiro atoms. The molecule has 1 fully saturated rings. The summed E-state index contributed by atoms with van der Waals surface area (Å²) in [6, 6.07) is 0. The monoisotopic (exact) mass is 280 g/mol. The fourth-order valence-corrected chi connectivity index (χ4v) is 2.59. The quantitative estimate of drug-likeness (QED) is 0.896. The van der Waals surface area contributed by atoms with Crippen LogP contribution in [0.25, 0.3) is 0 Å². The van der Waals surface area contributed by atoms with Crippen LogP contribution in [0, 0.1) is 5.92 Å². The average molecular weight is 280 g/mol. The van der Waals surface area contributed by atoms with Crippen molar-refractivity contribution in [2.75, 3.05) is 26.7 Å². The van der Waals surface area contributed by atoms with Gasteiger partial charge in [-0.25, -0.2) is 0 Å². The van der Waals surface area contributed by atoms with E-state index in [4.69, 9.17) is 4.42 Å². The van der Waals surface area contributed by atoms with E-state index in [1.807, 2.05) is 7.05 Å². The Balaban J connectivity index is 1.79. The predicted molar refractivity (Wildman–Crippen MR) is 79.5 cm³/mol. The molecule has 114 valence electrons. The fourth-order valence-electron chi connectivity index (χ4n) is 2.59. The van der Waals surface area contributed by atoms with Crippen LogP contribution in [0.3, 0.4) is 0 Å². The lowest BCUT2D eigenvalue weighted by Crippen LogP contribution is -2.34. The molecule has 0 aromatic carbocycles. The Morgan fingerprint density at radius 1 is 1.25 bits per heavy atom. The van der Waals surface area contributed by atoms with E-state index in [0.717, 1.165) is 43.9 Å². The first-order valence-electron chi connectivity index (χ1n) is 7.69. The first-order chi connectivity index (χ1) is 9.49. The van der Waals surface area contributed by atoms with Gasteiger partial charge >= 0.3 is 0 Å². The van der Waals surface area contributed by atoms with E-state index in [2.05, 4.69) is 41.2 Å². The number of rotatable bonds is 5. The Kier molecular flexibility index (Phi) is 5.16. The van der Waals surface area contributed by atoms with Crippen LogP contribution in [0.1, 0.15) is 51.8 Å². The number of nitrogens with zero attached hydrogens (tertiary/aromatic N) is 3. The molecule has 0 radical (unpaired) electrons. The van der Waals surface area contributed by atoms with Crippen LogP contribution in [0.2, 0.25) is 0 Å². The maximum Gasteiger partial charge on any atom is 0.230 e. The minimum Gasteiger partial charge on any atom is -0.423 e. The molecule has 1 N–H and O–H groups in total. The molecule has 0 bridgehead atoms. The second kappa shape index (κ2) is 6.68. The van der Waals surface area contributed by atoms with Crippen molar-refractivity contribution in [3.05, 3.63) is 11.8 Å². The lowest BCUT2D eigenvalue weighted by molar-refractivity contribution is 0.158. The topological polar surface area (TPSA) is 54.2 Å². The fraction of sp³-hybridized carbons (Fsp3) is 0.867. The summed E-state index contributed by atoms with van der Waals surface area (Å²) in [6.07, 6.45) is 3.85. The van der Waals surface area contributed by atoms with E-state index >= 15 is 0 Å². The molecule has 1 aliphatic heterocycles. The maximum atomic E-state index is 5.77. The van der Waals surface area contributed by atoms with Crippen molar-refractivity contribution in [2.24, 2.45) is 5.92 Å². The van der Waals surface area contributed by atoms with Crippen molar-refractivity contribution in [1.29, 1.82) is 0 Å². The maximum absolute atomic E-state index is 5.77. The highest BCUT2D eigenvalue weighted by Gasteiger charge is 2.24. The molecule has 0 atom stereocenters. The van der Waals surface area contributed by atoms with Gasteiger partial charge in [-0.3, -0.25) is 4.90 Å². The van der Waals surface area contributed by atoms with E-state index in [9.17, 15) is 0 Å². The van der Waals surface area contributed by atoms with Crippen molar-refractivity contribution in [1.82, 2.24) is 20.4 Å². The molecular weight excluding hydrogens is 252 g/mol. The molecule has 2 heterocycles. The van der Waals surface area contributed by atoms with Gasteiger partial charge in [-0.05, 0) is 51.9 Å². The minimum absolute atomic E-state index is 0.0641. The van der Waals surface area contributed by atoms with Gasteiger partial charge in [0.15, 0.2) is 0 Å². The van der Waals surface area contributed by atoms with Crippen molar-refractivity contribution in [3.8, 4) is 0 Å². The third kappa shape index (κ3) is 4.28. The molecule has 1 aromatic rings. The molecule has 0 saturated carbocycles. The molecule has 2 rings (SSSR count). The molecule has 1 aliphatic rings. The van der Waals surface area contributed by atoms with Crippen LogP contribution >= 0.6 is 0 Å². The summed E-state index contributed by atoms with van der Waals surface area (Å²) in [6.45, 7) is 10.5. The molecule has 1 aromatic heterocycles. The van der Waals surface area contributed by atoms with Crippen molar-refractivity contribution >= 4 is 0 Å². The van der Waals surface area contributed by atoms with E-state index < -0.39 is 0 Å². The molecule has 1 saturated heterocycles. The molecule has 5 nitrogen and oxygen atoms in total. The molecule has 0 amide bonds. The highest BCUT2D eigenvalue weighted by molar-refractivity contribution is 4.96. The van der Waals surface area contributed by atoms with E-state index in [1.54, 1.807) is 0 Å². The summed E-state index contributed by atoms with van der Waals surface area (Å²) in [4.78, 5) is 2.43. The second-order valence-electron chi connectivity index (χ2n) is 6.86. The summed E-state index contributed by atoms with van der Waals surface area (Å²) in [5.41, 5.74) is -0.0641. The average Bonchev–Trinajstić information content (AvgIpc) is 2.86. The van der Waals surface area contributed by atoms with Crippen molar-refractivity contribution < 1.29 is 4.42 Å². The number of hydrogen-bond donors (Lipinski definition) is 1. The Labute approximate surface area is 122 Å². The van der Waals surface area contributed by atoms with Gasteiger partial charge in [0, 0.05) is 5.41 Å². The lowest BCUT2D eigenvalue weighted by atomic mass is 9.93. The van der Waals surface area contributed by atoms with E-state index in [0.29, 0.717) is 0 Å². The van der Waals surface area contributed by atoms with E-state index in [1.165, 1.54) is 19.3 Å². The molecule has 0 aliphatic carbocycles. The smallest absolute Gasteiger partial charge is 0.230 e. The van der Waals surface area contributed by atoms with Gasteiger partial charge < -0.3 is 9.73 Å². The van der Waals surface area contributed by atoms with Gasteiger partial charge in [0.1, 0.15) is 0 Å². The summed E-state index contributed by atoms with van der Waals surface area (Å²) in [5.74, 6) is 2.35. The Hall–Kier alpha value is -0.940. The molecular formula is C15H28N4O. The summed E-state index contributed by atoms with van der Waals surface area (Å²) >= 11 is 0. The predicted octanol–water partition coefficient (Wildman–Crippen LogP) is 2.19.